The lowest BCUT2D eigenvalue weighted by Crippen LogP contribution is -2.50. The van der Waals surface area contributed by atoms with Crippen LogP contribution in [0.4, 0.5) is 0 Å². The van der Waals surface area contributed by atoms with Crippen molar-refractivity contribution in [1.29, 1.82) is 0 Å². The van der Waals surface area contributed by atoms with Gasteiger partial charge in [-0.3, -0.25) is 9.69 Å². The van der Waals surface area contributed by atoms with Crippen LogP contribution in [0.1, 0.15) is 12.0 Å². The van der Waals surface area contributed by atoms with E-state index in [0.717, 1.165) is 62.3 Å². The molecule has 28 heavy (non-hydrogen) atoms. The van der Waals surface area contributed by atoms with E-state index < -0.39 is 0 Å². The van der Waals surface area contributed by atoms with Gasteiger partial charge in [0, 0.05) is 69.3 Å². The Hall–Kier alpha value is -0.860. The first-order chi connectivity index (χ1) is 12.7. The van der Waals surface area contributed by atoms with Crippen LogP contribution in [0.2, 0.25) is 0 Å². The quantitative estimate of drug-likeness (QED) is 0.715. The Morgan fingerprint density at radius 3 is 2.29 bits per heavy atom. The fourth-order valence-electron chi connectivity index (χ4n) is 3.46. The number of rotatable bonds is 6. The number of ether oxygens (including phenoxy) is 2. The van der Waals surface area contributed by atoms with Crippen molar-refractivity contribution in [3.05, 3.63) is 23.8 Å². The molecule has 160 valence electrons. The molecule has 0 spiro atoms. The van der Waals surface area contributed by atoms with Crippen LogP contribution in [-0.2, 0) is 11.3 Å². The first kappa shape index (κ1) is 25.2. The van der Waals surface area contributed by atoms with E-state index in [1.807, 2.05) is 34.9 Å². The zero-order chi connectivity index (χ0) is 18.4. The predicted molar refractivity (Wildman–Crippen MR) is 120 cm³/mol. The molecule has 1 N–H and O–H groups in total. The maximum absolute atomic E-state index is 12.5. The predicted octanol–water partition coefficient (Wildman–Crippen LogP) is 2.29. The van der Waals surface area contributed by atoms with Gasteiger partial charge in [-0.25, -0.2) is 0 Å². The Kier molecular flexibility index (Phi) is 11.4. The molecule has 0 aliphatic carbocycles. The number of methoxy groups -OCH3 is 2. The van der Waals surface area contributed by atoms with Crippen LogP contribution >= 0.6 is 36.6 Å². The molecule has 1 amide bonds. The number of carbonyl (C=O) groups excluding carboxylic acids is 1. The molecule has 2 aliphatic rings. The van der Waals surface area contributed by atoms with Gasteiger partial charge in [0.05, 0.1) is 14.2 Å². The Labute approximate surface area is 184 Å². The number of halogens is 2. The standard InChI is InChI=1S/C19H29N3O3S.2ClH/c1-24-17-9-15(10-18(12-17)25-2)13-21-4-6-22(7-5-21)19(23)11-16-14-26-8-3-20-16;;/h9-10,12,16,20H,3-8,11,13-14H2,1-2H3;2*1H. The normalized spacial score (nSPS) is 19.9. The van der Waals surface area contributed by atoms with Crippen molar-refractivity contribution in [2.75, 3.05) is 58.4 Å². The highest BCUT2D eigenvalue weighted by atomic mass is 35.5. The van der Waals surface area contributed by atoms with Crippen molar-refractivity contribution in [2.24, 2.45) is 0 Å². The molecule has 1 unspecified atom stereocenters. The average Bonchev–Trinajstić information content (AvgIpc) is 2.69. The van der Waals surface area contributed by atoms with Crippen molar-refractivity contribution in [1.82, 2.24) is 15.1 Å². The van der Waals surface area contributed by atoms with Gasteiger partial charge >= 0.3 is 0 Å². The van der Waals surface area contributed by atoms with Crippen molar-refractivity contribution in [3.8, 4) is 11.5 Å². The molecule has 0 bridgehead atoms. The Bertz CT molecular complexity index is 588. The largest absolute Gasteiger partial charge is 0.497 e. The van der Waals surface area contributed by atoms with E-state index in [4.69, 9.17) is 9.47 Å². The molecule has 3 rings (SSSR count). The molecule has 1 aromatic carbocycles. The van der Waals surface area contributed by atoms with E-state index >= 15 is 0 Å². The summed E-state index contributed by atoms with van der Waals surface area (Å²) in [5.41, 5.74) is 1.17. The SMILES string of the molecule is COc1cc(CN2CCN(C(=O)CC3CSCCN3)CC2)cc(OC)c1.Cl.Cl. The molecule has 2 fully saturated rings. The van der Waals surface area contributed by atoms with E-state index in [2.05, 4.69) is 10.2 Å². The monoisotopic (exact) mass is 451 g/mol. The summed E-state index contributed by atoms with van der Waals surface area (Å²) >= 11 is 1.94. The maximum atomic E-state index is 12.5. The smallest absolute Gasteiger partial charge is 0.224 e. The first-order valence-corrected chi connectivity index (χ1v) is 10.4. The number of hydrogen-bond acceptors (Lipinski definition) is 6. The number of benzene rings is 1. The van der Waals surface area contributed by atoms with Crippen LogP contribution in [0.15, 0.2) is 18.2 Å². The number of nitrogens with one attached hydrogen (secondary N) is 1. The molecule has 6 nitrogen and oxygen atoms in total. The third-order valence-corrected chi connectivity index (χ3v) is 6.09. The van der Waals surface area contributed by atoms with Gasteiger partial charge in [-0.2, -0.15) is 11.8 Å². The first-order valence-electron chi connectivity index (χ1n) is 9.21. The van der Waals surface area contributed by atoms with Crippen LogP contribution < -0.4 is 14.8 Å². The van der Waals surface area contributed by atoms with E-state index in [9.17, 15) is 4.79 Å². The Morgan fingerprint density at radius 1 is 1.11 bits per heavy atom. The van der Waals surface area contributed by atoms with Gasteiger partial charge < -0.3 is 19.7 Å². The highest BCUT2D eigenvalue weighted by Crippen LogP contribution is 2.24. The molecule has 0 saturated carbocycles. The Morgan fingerprint density at radius 2 is 1.75 bits per heavy atom. The van der Waals surface area contributed by atoms with Crippen molar-refractivity contribution >= 4 is 42.5 Å². The molecule has 2 saturated heterocycles. The van der Waals surface area contributed by atoms with E-state index in [0.29, 0.717) is 12.5 Å². The summed E-state index contributed by atoms with van der Waals surface area (Å²) in [4.78, 5) is 16.9. The lowest BCUT2D eigenvalue weighted by Gasteiger charge is -2.36. The minimum Gasteiger partial charge on any atom is -0.497 e. The lowest BCUT2D eigenvalue weighted by molar-refractivity contribution is -0.133. The van der Waals surface area contributed by atoms with Gasteiger partial charge in [-0.1, -0.05) is 0 Å². The van der Waals surface area contributed by atoms with Crippen molar-refractivity contribution in [2.45, 2.75) is 19.0 Å². The number of thioether (sulfide) groups is 1. The topological polar surface area (TPSA) is 54.0 Å². The number of piperazine rings is 1. The zero-order valence-corrected chi connectivity index (χ0v) is 19.0. The van der Waals surface area contributed by atoms with Gasteiger partial charge in [-0.05, 0) is 17.7 Å². The summed E-state index contributed by atoms with van der Waals surface area (Å²) in [5.74, 6) is 4.10. The fourth-order valence-corrected chi connectivity index (χ4v) is 4.41. The average molecular weight is 452 g/mol. The molecule has 9 heteroatoms. The summed E-state index contributed by atoms with van der Waals surface area (Å²) in [6.45, 7) is 5.27. The highest BCUT2D eigenvalue weighted by molar-refractivity contribution is 7.99. The molecule has 1 atom stereocenters. The second-order valence-corrected chi connectivity index (χ2v) is 7.96. The minimum absolute atomic E-state index is 0. The summed E-state index contributed by atoms with van der Waals surface area (Å²) in [5, 5.41) is 3.45. The van der Waals surface area contributed by atoms with Crippen LogP contribution in [0, 0.1) is 0 Å². The van der Waals surface area contributed by atoms with Gasteiger partial charge in [0.2, 0.25) is 5.91 Å². The highest BCUT2D eigenvalue weighted by Gasteiger charge is 2.24. The lowest BCUT2D eigenvalue weighted by atomic mass is 10.1. The van der Waals surface area contributed by atoms with Gasteiger partial charge in [0.15, 0.2) is 0 Å². The molecule has 2 heterocycles. The Balaban J connectivity index is 0.00000196. The second-order valence-electron chi connectivity index (χ2n) is 6.81. The fraction of sp³-hybridized carbons (Fsp3) is 0.632. The molecular formula is C19H31Cl2N3O3S. The molecule has 2 aliphatic heterocycles. The van der Waals surface area contributed by atoms with Crippen molar-refractivity contribution in [3.63, 3.8) is 0 Å². The number of carbonyl (C=O) groups is 1. The molecule has 0 aromatic heterocycles. The summed E-state index contributed by atoms with van der Waals surface area (Å²) in [7, 11) is 3.34. The van der Waals surface area contributed by atoms with E-state index in [1.165, 1.54) is 5.56 Å². The summed E-state index contributed by atoms with van der Waals surface area (Å²) in [6, 6.07) is 6.32. The third kappa shape index (κ3) is 7.19. The number of hydrogen-bond donors (Lipinski definition) is 1. The van der Waals surface area contributed by atoms with Crippen LogP contribution in [0.5, 0.6) is 11.5 Å². The third-order valence-electron chi connectivity index (χ3n) is 4.96. The summed E-state index contributed by atoms with van der Waals surface area (Å²) < 4.78 is 10.7. The molecule has 1 aromatic rings. The maximum Gasteiger partial charge on any atom is 0.224 e. The minimum atomic E-state index is 0. The second kappa shape index (κ2) is 12.6. The zero-order valence-electron chi connectivity index (χ0n) is 16.5. The van der Waals surface area contributed by atoms with Crippen LogP contribution in [0.3, 0.4) is 0 Å². The molecular weight excluding hydrogens is 421 g/mol. The van der Waals surface area contributed by atoms with E-state index in [-0.39, 0.29) is 30.7 Å². The van der Waals surface area contributed by atoms with Crippen molar-refractivity contribution < 1.29 is 14.3 Å². The number of amides is 1. The van der Waals surface area contributed by atoms with Gasteiger partial charge in [-0.15, -0.1) is 24.8 Å². The van der Waals surface area contributed by atoms with E-state index in [1.54, 1.807) is 14.2 Å². The van der Waals surface area contributed by atoms with Gasteiger partial charge in [0.25, 0.3) is 0 Å². The van der Waals surface area contributed by atoms with Crippen LogP contribution in [0.25, 0.3) is 0 Å². The number of nitrogens with zero attached hydrogens (tertiary/aromatic N) is 2. The molecule has 0 radical (unpaired) electrons. The summed E-state index contributed by atoms with van der Waals surface area (Å²) in [6.07, 6.45) is 0.625. The van der Waals surface area contributed by atoms with Gasteiger partial charge in [0.1, 0.15) is 11.5 Å². The van der Waals surface area contributed by atoms with Crippen LogP contribution in [-0.4, -0.2) is 80.2 Å².